The highest BCUT2D eigenvalue weighted by Crippen LogP contribution is 1.85. The molecule has 0 spiro atoms. The van der Waals surface area contributed by atoms with Gasteiger partial charge in [-0.15, -0.1) is 0 Å². The van der Waals surface area contributed by atoms with E-state index in [0.29, 0.717) is 99.1 Å². The highest BCUT2D eigenvalue weighted by Gasteiger charge is 1.94. The molecule has 0 bridgehead atoms. The molecule has 0 aromatic rings. The fourth-order valence-corrected chi connectivity index (χ4v) is 1.63. The second-order valence-electron chi connectivity index (χ2n) is 5.11. The molecule has 0 saturated carbocycles. The van der Waals surface area contributed by atoms with Gasteiger partial charge in [-0.1, -0.05) is 0 Å². The Bertz CT molecular complexity index is 299. The molecule has 29 heavy (non-hydrogen) atoms. The molecule has 12 heteroatoms. The predicted octanol–water partition coefficient (Wildman–Crippen LogP) is -0.143. The third kappa shape index (κ3) is 34.8. The Balaban J connectivity index is 0. The number of aliphatic hydroxyl groups is 1. The fraction of sp³-hybridized carbons (Fsp3) is 1.00. The van der Waals surface area contributed by atoms with Crippen LogP contribution in [-0.4, -0.2) is 118 Å². The van der Waals surface area contributed by atoms with Gasteiger partial charge in [-0.2, -0.15) is 0 Å². The zero-order valence-electron chi connectivity index (χ0n) is 17.5. The van der Waals surface area contributed by atoms with Crippen molar-refractivity contribution in [3.05, 3.63) is 0 Å². The monoisotopic (exact) mass is 428 g/mol. The lowest BCUT2D eigenvalue weighted by Crippen LogP contribution is -2.15. The Kier molecular flexibility index (Phi) is 32.9. The molecule has 0 aliphatic rings. The van der Waals surface area contributed by atoms with Gasteiger partial charge in [-0.25, -0.2) is 0 Å². The fourth-order valence-electron chi connectivity index (χ4n) is 1.63. The van der Waals surface area contributed by atoms with Crippen molar-refractivity contribution in [1.29, 1.82) is 11.1 Å². The molecule has 0 unspecified atom stereocenters. The molecule has 0 aromatic heterocycles. The normalized spacial score (nSPS) is 10.4. The van der Waals surface area contributed by atoms with Gasteiger partial charge in [-0.3, -0.25) is 0 Å². The van der Waals surface area contributed by atoms with Gasteiger partial charge in [0, 0.05) is 7.11 Å². The van der Waals surface area contributed by atoms with Crippen LogP contribution in [0.4, 0.5) is 0 Å². The third-order valence-electron chi connectivity index (χ3n) is 2.90. The maximum Gasteiger partial charge on any atom is 0.211 e. The minimum absolute atomic E-state index is 0.0348. The molecule has 3 N–H and O–H groups in total. The first-order valence-electron chi connectivity index (χ1n) is 9.50. The molecule has 0 aliphatic carbocycles. The van der Waals surface area contributed by atoms with Crippen LogP contribution in [-0.2, 0) is 37.9 Å². The molecule has 174 valence electrons. The van der Waals surface area contributed by atoms with E-state index in [1.165, 1.54) is 0 Å². The number of aliphatic hydroxyl groups excluding tert-OH is 1. The zero-order chi connectivity index (χ0) is 21.7. The summed E-state index contributed by atoms with van der Waals surface area (Å²) in [4.78, 5) is 2.00. The Morgan fingerprint density at radius 3 is 0.897 bits per heavy atom. The molecule has 0 atom stereocenters. The van der Waals surface area contributed by atoms with Gasteiger partial charge in [0.25, 0.3) is 0 Å². The van der Waals surface area contributed by atoms with Gasteiger partial charge in [0.2, 0.25) is 4.91 Å². The summed E-state index contributed by atoms with van der Waals surface area (Å²) in [5, 5.41) is 8.51. The average Bonchev–Trinajstić information content (AvgIpc) is 2.72. The van der Waals surface area contributed by atoms with Crippen LogP contribution in [0.1, 0.15) is 0 Å². The van der Waals surface area contributed by atoms with Gasteiger partial charge in [0.15, 0.2) is 0 Å². The second-order valence-corrected chi connectivity index (χ2v) is 5.11. The number of rotatable bonds is 23. The summed E-state index contributed by atoms with van der Waals surface area (Å²) in [5.74, 6) is 0. The number of ether oxygens (including phenoxy) is 8. The van der Waals surface area contributed by atoms with Gasteiger partial charge < -0.3 is 43.0 Å². The van der Waals surface area contributed by atoms with E-state index in [4.69, 9.17) is 54.1 Å². The lowest BCUT2D eigenvalue weighted by Gasteiger charge is -2.08. The molecule has 0 aromatic carbocycles. The summed E-state index contributed by atoms with van der Waals surface area (Å²) in [6.07, 6.45) is 0. The number of hydrogen-bond acceptors (Lipinski definition) is 11. The molecule has 0 saturated heterocycles. The molecule has 0 rings (SSSR count). The van der Waals surface area contributed by atoms with Crippen molar-refractivity contribution >= 4 is 0 Å². The van der Waals surface area contributed by atoms with Crippen LogP contribution in [0.2, 0.25) is 0 Å². The first-order valence-corrected chi connectivity index (χ1v) is 9.50. The van der Waals surface area contributed by atoms with Crippen LogP contribution in [0.15, 0.2) is 0 Å². The molecule has 0 radical (unpaired) electrons. The summed E-state index contributed by atoms with van der Waals surface area (Å²) in [5.41, 5.74) is 11.0. The molecule has 0 amide bonds. The van der Waals surface area contributed by atoms with Crippen molar-refractivity contribution in [2.24, 2.45) is 0 Å². The lowest BCUT2D eigenvalue weighted by molar-refractivity contribution is -0.0229. The quantitative estimate of drug-likeness (QED) is 0.114. The van der Waals surface area contributed by atoms with Crippen molar-refractivity contribution in [2.45, 2.75) is 0 Å². The van der Waals surface area contributed by atoms with E-state index >= 15 is 0 Å². The van der Waals surface area contributed by atoms with Crippen molar-refractivity contribution in [3.63, 3.8) is 0 Å². The largest absolute Gasteiger partial charge is 0.394 e. The van der Waals surface area contributed by atoms with Gasteiger partial charge >= 0.3 is 0 Å². The SMILES string of the molecule is COCCOCCOCCOCCOCCOCCOCCOCCO.N=[N+]=N. The van der Waals surface area contributed by atoms with Crippen LogP contribution in [0, 0.1) is 11.1 Å². The molecule has 0 heterocycles. The number of hydrogen-bond donors (Lipinski definition) is 3. The Labute approximate surface area is 172 Å². The van der Waals surface area contributed by atoms with Gasteiger partial charge in [0.05, 0.1) is 106 Å². The molecule has 0 fully saturated rings. The Morgan fingerprint density at radius 1 is 0.483 bits per heavy atom. The Hall–Kier alpha value is -1.05. The predicted molar refractivity (Wildman–Crippen MR) is 102 cm³/mol. The van der Waals surface area contributed by atoms with Crippen LogP contribution in [0.3, 0.4) is 0 Å². The highest BCUT2D eigenvalue weighted by molar-refractivity contribution is 4.37. The minimum Gasteiger partial charge on any atom is -0.394 e. The molecular formula is C17H38N3O9+. The Morgan fingerprint density at radius 2 is 0.690 bits per heavy atom. The average molecular weight is 429 g/mol. The topological polar surface area (TPSA) is 156 Å². The van der Waals surface area contributed by atoms with Gasteiger partial charge in [0.1, 0.15) is 11.1 Å². The summed E-state index contributed by atoms with van der Waals surface area (Å²) < 4.78 is 41.9. The van der Waals surface area contributed by atoms with Crippen LogP contribution in [0.5, 0.6) is 0 Å². The summed E-state index contributed by atoms with van der Waals surface area (Å²) in [7, 11) is 1.64. The number of nitrogens with one attached hydrogen (secondary N) is 2. The van der Waals surface area contributed by atoms with Gasteiger partial charge in [-0.05, 0) is 0 Å². The molecule has 12 nitrogen and oxygen atoms in total. The first kappa shape index (κ1) is 30.1. The van der Waals surface area contributed by atoms with Crippen LogP contribution >= 0.6 is 0 Å². The third-order valence-corrected chi connectivity index (χ3v) is 2.90. The summed E-state index contributed by atoms with van der Waals surface area (Å²) >= 11 is 0. The minimum atomic E-state index is 0.0348. The molecule has 0 aliphatic heterocycles. The van der Waals surface area contributed by atoms with Crippen LogP contribution in [0.25, 0.3) is 0 Å². The first-order chi connectivity index (χ1) is 14.3. The number of methoxy groups -OCH3 is 1. The standard InChI is InChI=1S/C17H36O9.H2N3/c1-19-4-5-21-8-9-23-12-13-25-16-17-26-15-14-24-11-10-22-7-6-20-3-2-18;1-3-2/h18H,2-17H2,1H3;1-2H/q;+1. The van der Waals surface area contributed by atoms with E-state index < -0.39 is 0 Å². The van der Waals surface area contributed by atoms with E-state index in [1.807, 2.05) is 4.91 Å². The maximum absolute atomic E-state index is 8.51. The molecular weight excluding hydrogens is 390 g/mol. The summed E-state index contributed by atoms with van der Waals surface area (Å²) in [6, 6.07) is 0. The van der Waals surface area contributed by atoms with E-state index in [9.17, 15) is 0 Å². The van der Waals surface area contributed by atoms with Crippen molar-refractivity contribution in [1.82, 2.24) is 4.91 Å². The van der Waals surface area contributed by atoms with E-state index in [2.05, 4.69) is 0 Å². The van der Waals surface area contributed by atoms with Crippen molar-refractivity contribution in [3.8, 4) is 0 Å². The number of nitrogens with zero attached hydrogens (tertiary/aromatic N) is 1. The van der Waals surface area contributed by atoms with E-state index in [-0.39, 0.29) is 6.61 Å². The van der Waals surface area contributed by atoms with Crippen LogP contribution < -0.4 is 4.91 Å². The van der Waals surface area contributed by atoms with Crippen molar-refractivity contribution in [2.75, 3.05) is 113 Å². The smallest absolute Gasteiger partial charge is 0.211 e. The zero-order valence-corrected chi connectivity index (χ0v) is 17.5. The maximum atomic E-state index is 8.51. The van der Waals surface area contributed by atoms with E-state index in [0.717, 1.165) is 0 Å². The van der Waals surface area contributed by atoms with E-state index in [1.54, 1.807) is 7.11 Å². The highest BCUT2D eigenvalue weighted by atomic mass is 16.6. The van der Waals surface area contributed by atoms with Crippen molar-refractivity contribution < 1.29 is 43.0 Å². The lowest BCUT2D eigenvalue weighted by atomic mass is 10.6. The second kappa shape index (κ2) is 31.6. The summed E-state index contributed by atoms with van der Waals surface area (Å²) in [6.45, 7) is 7.91.